The largest absolute Gasteiger partial charge is 0.243 e. The summed E-state index contributed by atoms with van der Waals surface area (Å²) in [5, 5.41) is 7.64. The van der Waals surface area contributed by atoms with Crippen molar-refractivity contribution < 1.29 is 8.42 Å². The molecule has 1 aliphatic carbocycles. The van der Waals surface area contributed by atoms with Crippen LogP contribution in [0.4, 0.5) is 0 Å². The van der Waals surface area contributed by atoms with Gasteiger partial charge in [-0.15, -0.1) is 0 Å². The third kappa shape index (κ3) is 1.33. The minimum Gasteiger partial charge on any atom is -0.219 e. The Balaban J connectivity index is 2.64. The fourth-order valence-corrected chi connectivity index (χ4v) is 1.58. The summed E-state index contributed by atoms with van der Waals surface area (Å²) in [5.74, 6) is 0. The van der Waals surface area contributed by atoms with Gasteiger partial charge < -0.3 is 0 Å². The molecule has 0 aromatic rings. The van der Waals surface area contributed by atoms with Gasteiger partial charge in [-0.1, -0.05) is 0 Å². The average Bonchev–Trinajstić information content (AvgIpc) is 2.41. The molecule has 50 valence electrons. The number of nitrogens with zero attached hydrogens (tertiary/aromatic N) is 1. The summed E-state index contributed by atoms with van der Waals surface area (Å²) in [6.07, 6.45) is 2.77. The quantitative estimate of drug-likeness (QED) is 0.423. The lowest BCUT2D eigenvalue weighted by Crippen LogP contribution is -2.22. The third-order valence-corrected chi connectivity index (χ3v) is 2.88. The summed E-state index contributed by atoms with van der Waals surface area (Å²) >= 11 is 0. The Morgan fingerprint density at radius 1 is 1.56 bits per heavy atom. The van der Waals surface area contributed by atoms with Crippen molar-refractivity contribution in [3.8, 4) is 6.19 Å². The maximum atomic E-state index is 10.7. The van der Waals surface area contributed by atoms with Crippen molar-refractivity contribution >= 4 is 10.0 Å². The van der Waals surface area contributed by atoms with Crippen LogP contribution in [0, 0.1) is 11.5 Å². The molecule has 1 saturated carbocycles. The molecule has 0 aliphatic heterocycles. The lowest BCUT2D eigenvalue weighted by molar-refractivity contribution is 0.590. The van der Waals surface area contributed by atoms with Gasteiger partial charge in [0.05, 0.1) is 5.25 Å². The molecule has 0 bridgehead atoms. The van der Waals surface area contributed by atoms with Gasteiger partial charge in [0.25, 0.3) is 0 Å². The first-order valence-corrected chi connectivity index (χ1v) is 4.11. The standard InChI is InChI=1S/C4H6N2O2S/c5-3-6-9(7,8)4-1-2-4/h4,6H,1-2H2. The van der Waals surface area contributed by atoms with Crippen molar-refractivity contribution in [3.05, 3.63) is 0 Å². The summed E-state index contributed by atoms with van der Waals surface area (Å²) in [6.45, 7) is 0. The van der Waals surface area contributed by atoms with Crippen molar-refractivity contribution in [1.82, 2.24) is 4.72 Å². The molecule has 0 saturated heterocycles. The predicted molar refractivity (Wildman–Crippen MR) is 30.7 cm³/mol. The molecule has 1 aliphatic rings. The second kappa shape index (κ2) is 1.88. The number of hydrogen-bond donors (Lipinski definition) is 1. The zero-order chi connectivity index (χ0) is 6.91. The van der Waals surface area contributed by atoms with E-state index in [0.29, 0.717) is 12.8 Å². The maximum absolute atomic E-state index is 10.7. The van der Waals surface area contributed by atoms with Crippen LogP contribution in [-0.2, 0) is 10.0 Å². The van der Waals surface area contributed by atoms with E-state index in [1.54, 1.807) is 4.72 Å². The predicted octanol–water partition coefficient (Wildman–Crippen LogP) is -0.451. The monoisotopic (exact) mass is 146 g/mol. The van der Waals surface area contributed by atoms with Gasteiger partial charge in [-0.05, 0) is 12.8 Å². The van der Waals surface area contributed by atoms with Crippen LogP contribution in [0.15, 0.2) is 0 Å². The zero-order valence-corrected chi connectivity index (χ0v) is 5.48. The van der Waals surface area contributed by atoms with Crippen molar-refractivity contribution in [1.29, 1.82) is 5.26 Å². The van der Waals surface area contributed by atoms with E-state index in [4.69, 9.17) is 5.26 Å². The van der Waals surface area contributed by atoms with Crippen LogP contribution in [0.2, 0.25) is 0 Å². The van der Waals surface area contributed by atoms with Crippen molar-refractivity contribution in [2.24, 2.45) is 0 Å². The lowest BCUT2D eigenvalue weighted by Gasteiger charge is -1.93. The second-order valence-electron chi connectivity index (χ2n) is 1.96. The minimum atomic E-state index is -3.25. The summed E-state index contributed by atoms with van der Waals surface area (Å²) < 4.78 is 23.1. The summed E-state index contributed by atoms with van der Waals surface area (Å²) in [7, 11) is -3.25. The molecule has 0 atom stereocenters. The van der Waals surface area contributed by atoms with Crippen LogP contribution >= 0.6 is 0 Å². The Morgan fingerprint density at radius 3 is 2.44 bits per heavy atom. The van der Waals surface area contributed by atoms with Crippen molar-refractivity contribution in [2.45, 2.75) is 18.1 Å². The van der Waals surface area contributed by atoms with Crippen LogP contribution in [0.1, 0.15) is 12.8 Å². The summed E-state index contributed by atoms with van der Waals surface area (Å²) in [5.41, 5.74) is 0. The Labute approximate surface area is 53.5 Å². The van der Waals surface area contributed by atoms with E-state index in [-0.39, 0.29) is 5.25 Å². The topological polar surface area (TPSA) is 70.0 Å². The first-order valence-electron chi connectivity index (χ1n) is 2.56. The molecular formula is C4H6N2O2S. The number of sulfonamides is 1. The Kier molecular flexibility index (Phi) is 1.33. The Morgan fingerprint density at radius 2 is 2.11 bits per heavy atom. The fraction of sp³-hybridized carbons (Fsp3) is 0.750. The van der Waals surface area contributed by atoms with Gasteiger partial charge in [-0.3, -0.25) is 0 Å². The first kappa shape index (κ1) is 6.36. The van der Waals surface area contributed by atoms with Crippen LogP contribution in [-0.4, -0.2) is 13.7 Å². The highest BCUT2D eigenvalue weighted by Crippen LogP contribution is 2.26. The van der Waals surface area contributed by atoms with Gasteiger partial charge in [0.2, 0.25) is 10.0 Å². The van der Waals surface area contributed by atoms with Gasteiger partial charge in [-0.25, -0.2) is 13.1 Å². The fourth-order valence-electron chi connectivity index (χ4n) is 0.525. The summed E-state index contributed by atoms with van der Waals surface area (Å²) in [6, 6.07) is 0. The normalized spacial score (nSPS) is 18.6. The van der Waals surface area contributed by atoms with E-state index < -0.39 is 10.0 Å². The Hall–Kier alpha value is -0.760. The molecule has 5 heteroatoms. The molecule has 0 heterocycles. The molecule has 0 radical (unpaired) electrons. The van der Waals surface area contributed by atoms with E-state index >= 15 is 0 Å². The molecule has 9 heavy (non-hydrogen) atoms. The number of rotatable bonds is 2. The number of hydrogen-bond acceptors (Lipinski definition) is 3. The zero-order valence-electron chi connectivity index (χ0n) is 4.66. The number of nitrogens with one attached hydrogen (secondary N) is 1. The van der Waals surface area contributed by atoms with Gasteiger partial charge in [0, 0.05) is 0 Å². The highest BCUT2D eigenvalue weighted by atomic mass is 32.2. The molecule has 0 aromatic carbocycles. The maximum Gasteiger partial charge on any atom is 0.243 e. The molecule has 0 unspecified atom stereocenters. The van der Waals surface area contributed by atoms with Crippen LogP contribution < -0.4 is 4.72 Å². The van der Waals surface area contributed by atoms with E-state index in [0.717, 1.165) is 0 Å². The van der Waals surface area contributed by atoms with E-state index in [9.17, 15) is 8.42 Å². The van der Waals surface area contributed by atoms with Crippen LogP contribution in [0.25, 0.3) is 0 Å². The van der Waals surface area contributed by atoms with Gasteiger partial charge in [0.15, 0.2) is 6.19 Å². The molecule has 0 amide bonds. The molecule has 1 N–H and O–H groups in total. The highest BCUT2D eigenvalue weighted by molar-refractivity contribution is 7.90. The molecule has 4 nitrogen and oxygen atoms in total. The van der Waals surface area contributed by atoms with Crippen molar-refractivity contribution in [3.63, 3.8) is 0 Å². The molecular weight excluding hydrogens is 140 g/mol. The van der Waals surface area contributed by atoms with Gasteiger partial charge in [0.1, 0.15) is 0 Å². The van der Waals surface area contributed by atoms with E-state index in [1.807, 2.05) is 0 Å². The molecule has 0 aromatic heterocycles. The molecule has 1 rings (SSSR count). The highest BCUT2D eigenvalue weighted by Gasteiger charge is 2.35. The SMILES string of the molecule is N#CNS(=O)(=O)C1CC1. The third-order valence-electron chi connectivity index (χ3n) is 1.15. The Bertz CT molecular complexity index is 234. The van der Waals surface area contributed by atoms with Crippen LogP contribution in [0.3, 0.4) is 0 Å². The number of nitriles is 1. The second-order valence-corrected chi connectivity index (χ2v) is 3.92. The average molecular weight is 146 g/mol. The smallest absolute Gasteiger partial charge is 0.219 e. The first-order chi connectivity index (χ1) is 4.17. The van der Waals surface area contributed by atoms with Gasteiger partial charge in [-0.2, -0.15) is 5.26 Å². The summed E-state index contributed by atoms with van der Waals surface area (Å²) in [4.78, 5) is 0. The van der Waals surface area contributed by atoms with E-state index in [1.165, 1.54) is 6.19 Å². The van der Waals surface area contributed by atoms with E-state index in [2.05, 4.69) is 0 Å². The van der Waals surface area contributed by atoms with Gasteiger partial charge >= 0.3 is 0 Å². The lowest BCUT2D eigenvalue weighted by atomic mass is 11.0. The minimum absolute atomic E-state index is 0.294. The molecule has 0 spiro atoms. The van der Waals surface area contributed by atoms with Crippen LogP contribution in [0.5, 0.6) is 0 Å². The van der Waals surface area contributed by atoms with Crippen molar-refractivity contribution in [2.75, 3.05) is 0 Å². The molecule has 1 fully saturated rings.